The minimum Gasteiger partial charge on any atom is -0.493 e. The molecular weight excluding hydrogens is 618 g/mol. The fourth-order valence-electron chi connectivity index (χ4n) is 6.29. The number of nitrogens with zero attached hydrogens (tertiary/aromatic N) is 2. The van der Waals surface area contributed by atoms with Gasteiger partial charge in [-0.1, -0.05) is 43.0 Å². The molecule has 0 bridgehead atoms. The van der Waals surface area contributed by atoms with E-state index < -0.39 is 12.2 Å². The van der Waals surface area contributed by atoms with Crippen molar-refractivity contribution in [1.29, 1.82) is 0 Å². The Hall–Kier alpha value is -3.95. The first-order valence-electron chi connectivity index (χ1n) is 16.4. The third-order valence-electron chi connectivity index (χ3n) is 8.51. The third kappa shape index (κ3) is 9.78. The molecule has 0 spiro atoms. The number of methoxy groups -OCH3 is 1. The molecular formula is C37H48ClN3O6. The average Bonchev–Trinajstić information content (AvgIpc) is 3.04. The van der Waals surface area contributed by atoms with Gasteiger partial charge in [0.1, 0.15) is 0 Å². The Morgan fingerprint density at radius 1 is 1.02 bits per heavy atom. The lowest BCUT2D eigenvalue weighted by atomic mass is 9.86. The highest BCUT2D eigenvalue weighted by Crippen LogP contribution is 2.44. The number of amides is 2. The summed E-state index contributed by atoms with van der Waals surface area (Å²) in [7, 11) is 3.81. The molecule has 47 heavy (non-hydrogen) atoms. The predicted octanol–water partition coefficient (Wildman–Crippen LogP) is 7.47. The van der Waals surface area contributed by atoms with E-state index in [1.807, 2.05) is 60.5 Å². The number of fused-ring (bicyclic) bond motifs is 1. The van der Waals surface area contributed by atoms with Crippen molar-refractivity contribution in [3.63, 3.8) is 0 Å². The smallest absolute Gasteiger partial charge is 0.404 e. The van der Waals surface area contributed by atoms with E-state index in [2.05, 4.69) is 36.2 Å². The molecule has 3 N–H and O–H groups in total. The van der Waals surface area contributed by atoms with Crippen molar-refractivity contribution in [3.8, 4) is 11.5 Å². The molecule has 3 aromatic carbocycles. The van der Waals surface area contributed by atoms with Gasteiger partial charge in [0.25, 0.3) is 0 Å². The molecule has 2 atom stereocenters. The number of ether oxygens (including phenoxy) is 2. The van der Waals surface area contributed by atoms with Crippen molar-refractivity contribution in [1.82, 2.24) is 5.32 Å². The highest BCUT2D eigenvalue weighted by Gasteiger charge is 2.36. The highest BCUT2D eigenvalue weighted by atomic mass is 35.5. The van der Waals surface area contributed by atoms with Crippen LogP contribution in [0.4, 0.5) is 16.2 Å². The molecule has 3 aromatic rings. The zero-order valence-electron chi connectivity index (χ0n) is 28.0. The van der Waals surface area contributed by atoms with Crippen LogP contribution in [0.3, 0.4) is 0 Å². The SMILES string of the molecule is COc1cc2c(cc1OC(C)C)[C@H](c1ccc(Cl)cc1)N(c1ccc(N(C)CC3CCCCC3)cc1)C(=O)C2.C[C@H](O)CNC(=O)O. The molecule has 2 amide bonds. The van der Waals surface area contributed by atoms with Crippen LogP contribution in [0.2, 0.25) is 5.02 Å². The summed E-state index contributed by atoms with van der Waals surface area (Å²) in [5, 5.41) is 19.1. The van der Waals surface area contributed by atoms with E-state index in [1.54, 1.807) is 7.11 Å². The van der Waals surface area contributed by atoms with Gasteiger partial charge < -0.3 is 34.8 Å². The minimum absolute atomic E-state index is 0.00889. The molecule has 0 aromatic heterocycles. The molecule has 0 saturated heterocycles. The molecule has 1 fully saturated rings. The molecule has 1 heterocycles. The Morgan fingerprint density at radius 3 is 2.23 bits per heavy atom. The Kier molecular flexibility index (Phi) is 12.8. The summed E-state index contributed by atoms with van der Waals surface area (Å²) in [5.41, 5.74) is 5.03. The Labute approximate surface area is 283 Å². The van der Waals surface area contributed by atoms with Gasteiger partial charge in [-0.25, -0.2) is 4.79 Å². The first kappa shape index (κ1) is 35.9. The molecule has 0 unspecified atom stereocenters. The van der Waals surface area contributed by atoms with Crippen LogP contribution in [-0.2, 0) is 11.2 Å². The zero-order chi connectivity index (χ0) is 34.1. The number of nitrogens with one attached hydrogen (secondary N) is 1. The molecule has 1 aliphatic carbocycles. The van der Waals surface area contributed by atoms with Crippen LogP contribution >= 0.6 is 11.6 Å². The largest absolute Gasteiger partial charge is 0.493 e. The van der Waals surface area contributed by atoms with Crippen molar-refractivity contribution < 1.29 is 29.3 Å². The van der Waals surface area contributed by atoms with Gasteiger partial charge in [-0.05, 0) is 105 Å². The van der Waals surface area contributed by atoms with Crippen LogP contribution < -0.4 is 24.6 Å². The van der Waals surface area contributed by atoms with Crippen molar-refractivity contribution in [2.45, 2.75) is 77.5 Å². The van der Waals surface area contributed by atoms with Gasteiger partial charge in [0.15, 0.2) is 11.5 Å². The lowest BCUT2D eigenvalue weighted by Crippen LogP contribution is -2.41. The van der Waals surface area contributed by atoms with E-state index in [9.17, 15) is 9.59 Å². The summed E-state index contributed by atoms with van der Waals surface area (Å²) < 4.78 is 11.8. The first-order chi connectivity index (χ1) is 22.5. The first-order valence-corrected chi connectivity index (χ1v) is 16.8. The average molecular weight is 666 g/mol. The van der Waals surface area contributed by atoms with Crippen molar-refractivity contribution in [2.24, 2.45) is 5.92 Å². The molecule has 9 nitrogen and oxygen atoms in total. The zero-order valence-corrected chi connectivity index (χ0v) is 28.8. The number of aliphatic hydroxyl groups is 1. The summed E-state index contributed by atoms with van der Waals surface area (Å²) >= 11 is 6.25. The molecule has 1 aliphatic heterocycles. The lowest BCUT2D eigenvalue weighted by molar-refractivity contribution is -0.118. The summed E-state index contributed by atoms with van der Waals surface area (Å²) in [6.45, 7) is 6.67. The summed E-state index contributed by atoms with van der Waals surface area (Å²) in [6.07, 6.45) is 5.27. The number of carbonyl (C=O) groups excluding carboxylic acids is 1. The van der Waals surface area contributed by atoms with Crippen LogP contribution in [0.1, 0.15) is 75.6 Å². The van der Waals surface area contributed by atoms with Gasteiger partial charge in [-0.2, -0.15) is 0 Å². The Morgan fingerprint density at radius 2 is 1.68 bits per heavy atom. The lowest BCUT2D eigenvalue weighted by Gasteiger charge is -2.38. The van der Waals surface area contributed by atoms with Gasteiger partial charge in [-0.3, -0.25) is 4.79 Å². The summed E-state index contributed by atoms with van der Waals surface area (Å²) in [6, 6.07) is 19.9. The van der Waals surface area contributed by atoms with E-state index in [4.69, 9.17) is 31.3 Å². The number of aliphatic hydroxyl groups excluding tert-OH is 1. The molecule has 254 valence electrons. The van der Waals surface area contributed by atoms with Crippen LogP contribution in [0, 0.1) is 5.92 Å². The number of benzene rings is 3. The monoisotopic (exact) mass is 665 g/mol. The number of carbonyl (C=O) groups is 2. The molecule has 5 rings (SSSR count). The maximum absolute atomic E-state index is 13.8. The van der Waals surface area contributed by atoms with Crippen LogP contribution in [0.5, 0.6) is 11.5 Å². The number of rotatable bonds is 10. The van der Waals surface area contributed by atoms with Crippen molar-refractivity contribution >= 4 is 35.0 Å². The van der Waals surface area contributed by atoms with Crippen LogP contribution in [0.15, 0.2) is 60.7 Å². The number of anilines is 2. The van der Waals surface area contributed by atoms with Crippen LogP contribution in [0.25, 0.3) is 0 Å². The van der Waals surface area contributed by atoms with Gasteiger partial charge >= 0.3 is 6.09 Å². The maximum atomic E-state index is 13.8. The second-order valence-corrected chi connectivity index (χ2v) is 13.1. The predicted molar refractivity (Wildman–Crippen MR) is 187 cm³/mol. The topological polar surface area (TPSA) is 112 Å². The van der Waals surface area contributed by atoms with E-state index >= 15 is 0 Å². The molecule has 1 saturated carbocycles. The molecule has 10 heteroatoms. The van der Waals surface area contributed by atoms with Crippen LogP contribution in [-0.4, -0.2) is 61.7 Å². The minimum atomic E-state index is -1.11. The van der Waals surface area contributed by atoms with Gasteiger partial charge in [0, 0.05) is 36.5 Å². The van der Waals surface area contributed by atoms with E-state index in [0.29, 0.717) is 22.9 Å². The van der Waals surface area contributed by atoms with E-state index in [0.717, 1.165) is 34.8 Å². The summed E-state index contributed by atoms with van der Waals surface area (Å²) in [5.74, 6) is 2.13. The summed E-state index contributed by atoms with van der Waals surface area (Å²) in [4.78, 5) is 27.7. The normalized spacial score (nSPS) is 16.9. The van der Waals surface area contributed by atoms with Crippen molar-refractivity contribution in [2.75, 3.05) is 37.0 Å². The fraction of sp³-hybridized carbons (Fsp3) is 0.459. The number of hydrogen-bond donors (Lipinski definition) is 3. The van der Waals surface area contributed by atoms with E-state index in [-0.39, 0.29) is 24.6 Å². The number of carboxylic acid groups (broad SMARTS) is 1. The Bertz CT molecular complexity index is 1470. The van der Waals surface area contributed by atoms with Gasteiger partial charge in [-0.15, -0.1) is 0 Å². The fourth-order valence-corrected chi connectivity index (χ4v) is 6.42. The second kappa shape index (κ2) is 16.7. The number of halogens is 1. The molecule has 2 aliphatic rings. The third-order valence-corrected chi connectivity index (χ3v) is 8.76. The number of hydrogen-bond acceptors (Lipinski definition) is 6. The molecule has 0 radical (unpaired) electrons. The Balaban J connectivity index is 0.000000555. The standard InChI is InChI=1S/C33H39ClN2O3.C4H9NO3/c1-22(2)39-31-20-29-25(18-30(31)38-4)19-32(37)36(33(29)24-10-12-26(34)13-11-24)28-16-14-27(15-17-28)35(3)21-23-8-6-5-7-9-23;1-3(6)2-5-4(7)8/h10-18,20,22-23,33H,5-9,19,21H2,1-4H3;3,5-6H,2H2,1H3,(H,7,8)/t33-;3-/m00/s1. The van der Waals surface area contributed by atoms with E-state index in [1.165, 1.54) is 44.7 Å². The van der Waals surface area contributed by atoms with Gasteiger partial charge in [0.05, 0.1) is 31.8 Å². The quantitative estimate of drug-likeness (QED) is 0.206. The highest BCUT2D eigenvalue weighted by molar-refractivity contribution is 6.30. The van der Waals surface area contributed by atoms with Crippen molar-refractivity contribution in [3.05, 3.63) is 82.4 Å². The second-order valence-electron chi connectivity index (χ2n) is 12.7. The maximum Gasteiger partial charge on any atom is 0.404 e. The van der Waals surface area contributed by atoms with Gasteiger partial charge in [0.2, 0.25) is 5.91 Å².